The first-order valence-electron chi connectivity index (χ1n) is 17.3. The number of Topliss-reactive ketones (excluding diaryl/α,β-unsaturated/α-hetero) is 1. The maximum Gasteiger partial charge on any atom is 0.273 e. The van der Waals surface area contributed by atoms with Gasteiger partial charge in [-0.1, -0.05) is 24.3 Å². The summed E-state index contributed by atoms with van der Waals surface area (Å²) in [5.74, 6) is -2.29. The van der Waals surface area contributed by atoms with E-state index in [0.29, 0.717) is 96.9 Å². The van der Waals surface area contributed by atoms with E-state index in [-0.39, 0.29) is 17.6 Å². The van der Waals surface area contributed by atoms with Gasteiger partial charge in [0.05, 0.1) is 32.2 Å². The summed E-state index contributed by atoms with van der Waals surface area (Å²) in [5.41, 5.74) is 3.86. The molecular formula is C37H42Br2F2N8O3. The van der Waals surface area contributed by atoms with Crippen LogP contribution in [-0.4, -0.2) is 122 Å². The summed E-state index contributed by atoms with van der Waals surface area (Å²) >= 11 is 7.01. The van der Waals surface area contributed by atoms with Crippen molar-refractivity contribution in [3.05, 3.63) is 103 Å². The van der Waals surface area contributed by atoms with Crippen LogP contribution in [0.3, 0.4) is 0 Å². The molecular weight excluding hydrogens is 802 g/mol. The second kappa shape index (κ2) is 16.1. The Labute approximate surface area is 318 Å². The zero-order valence-electron chi connectivity index (χ0n) is 29.7. The molecule has 6 rings (SSSR count). The number of ketones is 1. The summed E-state index contributed by atoms with van der Waals surface area (Å²) < 4.78 is 32.8. The van der Waals surface area contributed by atoms with Crippen LogP contribution in [0.15, 0.2) is 57.5 Å². The third-order valence-electron chi connectivity index (χ3n) is 10.1. The van der Waals surface area contributed by atoms with Crippen LogP contribution in [0.25, 0.3) is 0 Å². The predicted octanol–water partition coefficient (Wildman–Crippen LogP) is 4.93. The molecule has 4 aromatic rings. The number of halogens is 4. The molecule has 2 atom stereocenters. The fourth-order valence-corrected chi connectivity index (χ4v) is 8.18. The van der Waals surface area contributed by atoms with E-state index in [1.807, 2.05) is 13.8 Å². The van der Waals surface area contributed by atoms with E-state index in [1.165, 1.54) is 24.3 Å². The SMILES string of the molecule is Cc1nn(C)c(C(=O)N2CCN(CC(C(=O)C(CN3CCN(C(=O)c4c(Br)c(C)nn4C)CC3)c3ccc(F)cc3)c3ccc(F)cc3)CC2)c1Br. The van der Waals surface area contributed by atoms with Gasteiger partial charge in [0, 0.05) is 79.5 Å². The minimum Gasteiger partial charge on any atom is -0.335 e. The van der Waals surface area contributed by atoms with Gasteiger partial charge in [-0.05, 0) is 81.1 Å². The normalized spacial score (nSPS) is 17.0. The van der Waals surface area contributed by atoms with Crippen molar-refractivity contribution in [2.24, 2.45) is 14.1 Å². The highest BCUT2D eigenvalue weighted by Crippen LogP contribution is 2.31. The molecule has 0 aliphatic carbocycles. The summed E-state index contributed by atoms with van der Waals surface area (Å²) in [5, 5.41) is 8.72. The molecule has 15 heteroatoms. The smallest absolute Gasteiger partial charge is 0.273 e. The van der Waals surface area contributed by atoms with Crippen molar-refractivity contribution >= 4 is 49.5 Å². The average Bonchev–Trinajstić information content (AvgIpc) is 3.55. The molecule has 276 valence electrons. The number of carbonyl (C=O) groups excluding carboxylic acids is 3. The monoisotopic (exact) mass is 842 g/mol. The Balaban J connectivity index is 1.19. The van der Waals surface area contributed by atoms with E-state index in [0.717, 1.165) is 11.4 Å². The Morgan fingerprint density at radius 2 is 0.942 bits per heavy atom. The number of carbonyl (C=O) groups is 3. The standard InChI is InChI=1S/C37H42Br2F2N8O3/c1-23-31(38)33(44(3)42-23)36(51)48-17-13-46(14-18-48)21-29(25-5-9-27(40)10-6-25)35(50)30(26-7-11-28(41)12-8-26)22-47-15-19-49(20-16-47)37(52)34-32(39)24(2)43-45(34)4/h5-12,29-30H,13-22H2,1-4H3. The lowest BCUT2D eigenvalue weighted by Gasteiger charge is -2.38. The molecule has 0 radical (unpaired) electrons. The van der Waals surface area contributed by atoms with Crippen LogP contribution in [0, 0.1) is 25.5 Å². The Hall–Kier alpha value is -3.79. The molecule has 2 fully saturated rings. The van der Waals surface area contributed by atoms with Crippen molar-refractivity contribution in [3.8, 4) is 0 Å². The lowest BCUT2D eigenvalue weighted by atomic mass is 9.82. The average molecular weight is 845 g/mol. The first-order chi connectivity index (χ1) is 24.8. The van der Waals surface area contributed by atoms with Crippen LogP contribution < -0.4 is 0 Å². The minimum atomic E-state index is -0.611. The molecule has 4 heterocycles. The van der Waals surface area contributed by atoms with E-state index < -0.39 is 23.5 Å². The van der Waals surface area contributed by atoms with Gasteiger partial charge < -0.3 is 9.80 Å². The molecule has 52 heavy (non-hydrogen) atoms. The Morgan fingerprint density at radius 1 is 0.615 bits per heavy atom. The Bertz CT molecular complexity index is 1800. The summed E-state index contributed by atoms with van der Waals surface area (Å²) in [7, 11) is 3.50. The van der Waals surface area contributed by atoms with Crippen molar-refractivity contribution < 1.29 is 23.2 Å². The molecule has 2 unspecified atom stereocenters. The van der Waals surface area contributed by atoms with E-state index in [2.05, 4.69) is 51.9 Å². The van der Waals surface area contributed by atoms with Gasteiger partial charge in [0.15, 0.2) is 0 Å². The van der Waals surface area contributed by atoms with Gasteiger partial charge in [-0.3, -0.25) is 33.5 Å². The van der Waals surface area contributed by atoms with Gasteiger partial charge >= 0.3 is 0 Å². The van der Waals surface area contributed by atoms with E-state index in [4.69, 9.17) is 0 Å². The third-order valence-corrected chi connectivity index (χ3v) is 12.0. The number of aromatic nitrogens is 4. The van der Waals surface area contributed by atoms with Gasteiger partial charge in [-0.15, -0.1) is 0 Å². The van der Waals surface area contributed by atoms with Crippen molar-refractivity contribution in [2.45, 2.75) is 25.7 Å². The molecule has 2 saturated heterocycles. The highest BCUT2D eigenvalue weighted by Gasteiger charge is 2.36. The first-order valence-corrected chi connectivity index (χ1v) is 18.9. The van der Waals surface area contributed by atoms with E-state index >= 15 is 0 Å². The molecule has 2 aliphatic rings. The number of amides is 2. The predicted molar refractivity (Wildman–Crippen MR) is 199 cm³/mol. The third kappa shape index (κ3) is 8.07. The molecule has 2 aromatic carbocycles. The number of hydrogen-bond donors (Lipinski definition) is 0. The first kappa shape index (κ1) is 38.0. The summed E-state index contributed by atoms with van der Waals surface area (Å²) in [6, 6.07) is 12.1. The lowest BCUT2D eigenvalue weighted by molar-refractivity contribution is -0.123. The van der Waals surface area contributed by atoms with Gasteiger partial charge in [0.2, 0.25) is 0 Å². The zero-order valence-corrected chi connectivity index (χ0v) is 32.8. The molecule has 0 spiro atoms. The number of hydrogen-bond acceptors (Lipinski definition) is 7. The van der Waals surface area contributed by atoms with Crippen molar-refractivity contribution in [3.63, 3.8) is 0 Å². The summed E-state index contributed by atoms with van der Waals surface area (Å²) in [6.07, 6.45) is 0. The highest BCUT2D eigenvalue weighted by molar-refractivity contribution is 9.11. The fraction of sp³-hybridized carbons (Fsp3) is 0.432. The summed E-state index contributed by atoms with van der Waals surface area (Å²) in [6.45, 7) is 8.52. The Kier molecular flexibility index (Phi) is 11.7. The number of piperazine rings is 2. The van der Waals surface area contributed by atoms with Crippen LogP contribution in [-0.2, 0) is 18.9 Å². The number of aryl methyl sites for hydroxylation is 4. The fourth-order valence-electron chi connectivity index (χ4n) is 7.16. The highest BCUT2D eigenvalue weighted by atomic mass is 79.9. The maximum absolute atomic E-state index is 14.8. The van der Waals surface area contributed by atoms with Crippen molar-refractivity contribution in [1.29, 1.82) is 0 Å². The van der Waals surface area contributed by atoms with Gasteiger partial charge in [0.25, 0.3) is 11.8 Å². The number of benzene rings is 2. The second-order valence-electron chi connectivity index (χ2n) is 13.5. The van der Waals surface area contributed by atoms with Crippen LogP contribution in [0.4, 0.5) is 8.78 Å². The lowest BCUT2D eigenvalue weighted by Crippen LogP contribution is -2.51. The Morgan fingerprint density at radius 3 is 1.23 bits per heavy atom. The summed E-state index contributed by atoms with van der Waals surface area (Å²) in [4.78, 5) is 49.6. The quantitative estimate of drug-likeness (QED) is 0.224. The molecule has 0 N–H and O–H groups in total. The number of rotatable bonds is 10. The number of nitrogens with zero attached hydrogens (tertiary/aromatic N) is 8. The molecule has 0 saturated carbocycles. The van der Waals surface area contributed by atoms with E-state index in [9.17, 15) is 23.2 Å². The second-order valence-corrected chi connectivity index (χ2v) is 15.1. The molecule has 2 aromatic heterocycles. The topological polar surface area (TPSA) is 99.8 Å². The molecule has 2 aliphatic heterocycles. The van der Waals surface area contributed by atoms with Gasteiger partial charge in [-0.2, -0.15) is 10.2 Å². The molecule has 0 bridgehead atoms. The van der Waals surface area contributed by atoms with E-state index in [1.54, 1.807) is 57.5 Å². The van der Waals surface area contributed by atoms with Crippen molar-refractivity contribution in [1.82, 2.24) is 39.2 Å². The van der Waals surface area contributed by atoms with Crippen molar-refractivity contribution in [2.75, 3.05) is 65.4 Å². The van der Waals surface area contributed by atoms with Gasteiger partial charge in [0.1, 0.15) is 28.8 Å². The molecule has 11 nitrogen and oxygen atoms in total. The largest absolute Gasteiger partial charge is 0.335 e. The van der Waals surface area contributed by atoms with Crippen LogP contribution in [0.1, 0.15) is 55.3 Å². The zero-order chi connectivity index (χ0) is 37.3. The molecule has 2 amide bonds. The minimum absolute atomic E-state index is 0.0567. The van der Waals surface area contributed by atoms with Gasteiger partial charge in [-0.25, -0.2) is 8.78 Å². The maximum atomic E-state index is 14.8. The van der Waals surface area contributed by atoms with Crippen LogP contribution in [0.5, 0.6) is 0 Å². The van der Waals surface area contributed by atoms with Crippen LogP contribution in [0.2, 0.25) is 0 Å². The van der Waals surface area contributed by atoms with Crippen LogP contribution >= 0.6 is 31.9 Å².